The van der Waals surface area contributed by atoms with Crippen LogP contribution in [0.2, 0.25) is 0 Å². The number of carbonyl (C=O) groups is 1. The summed E-state index contributed by atoms with van der Waals surface area (Å²) in [4.78, 5) is 10.7. The van der Waals surface area contributed by atoms with Gasteiger partial charge < -0.3 is 9.47 Å². The van der Waals surface area contributed by atoms with Gasteiger partial charge >= 0.3 is 5.97 Å². The number of esters is 1. The minimum atomic E-state index is -0.361. The molecule has 17 heavy (non-hydrogen) atoms. The normalized spacial score (nSPS) is 11.4. The summed E-state index contributed by atoms with van der Waals surface area (Å²) < 4.78 is 9.87. The number of carbonyl (C=O) groups excluding carboxylic acids is 1. The van der Waals surface area contributed by atoms with E-state index >= 15 is 0 Å². The molecule has 0 bridgehead atoms. The van der Waals surface area contributed by atoms with Crippen molar-refractivity contribution < 1.29 is 14.3 Å². The van der Waals surface area contributed by atoms with Gasteiger partial charge in [-0.2, -0.15) is 5.26 Å². The fourth-order valence-electron chi connectivity index (χ4n) is 1.41. The second-order valence-electron chi connectivity index (χ2n) is 3.68. The van der Waals surface area contributed by atoms with Gasteiger partial charge in [0.2, 0.25) is 0 Å². The standard InChI is InChI=1S/C13H15NO3/c1-10(15)17-9-12(8-14)7-11-3-5-13(16-2)6-4-11/h3-6,12H,7,9H2,1-2H3/t12-/m1/s1. The third-order valence-corrected chi connectivity index (χ3v) is 2.31. The van der Waals surface area contributed by atoms with Gasteiger partial charge in [-0.25, -0.2) is 0 Å². The molecule has 0 radical (unpaired) electrons. The van der Waals surface area contributed by atoms with Crippen LogP contribution in [0.1, 0.15) is 12.5 Å². The van der Waals surface area contributed by atoms with E-state index in [1.165, 1.54) is 6.92 Å². The molecule has 4 nitrogen and oxygen atoms in total. The summed E-state index contributed by atoms with van der Waals surface area (Å²) in [6.07, 6.45) is 0.563. The molecule has 0 N–H and O–H groups in total. The fourth-order valence-corrected chi connectivity index (χ4v) is 1.41. The fraction of sp³-hybridized carbons (Fsp3) is 0.385. The molecule has 0 aliphatic carbocycles. The number of nitriles is 1. The third kappa shape index (κ3) is 4.56. The Bertz CT molecular complexity index is 406. The van der Waals surface area contributed by atoms with Gasteiger partial charge in [0.25, 0.3) is 0 Å². The summed E-state index contributed by atoms with van der Waals surface area (Å²) in [6.45, 7) is 1.47. The maximum absolute atomic E-state index is 10.7. The van der Waals surface area contributed by atoms with Crippen LogP contribution in [0, 0.1) is 17.2 Å². The van der Waals surface area contributed by atoms with Gasteiger partial charge in [-0.1, -0.05) is 12.1 Å². The zero-order valence-corrected chi connectivity index (χ0v) is 9.97. The molecule has 0 amide bonds. The number of rotatable bonds is 5. The number of hydrogen-bond donors (Lipinski definition) is 0. The van der Waals surface area contributed by atoms with Gasteiger partial charge in [-0.15, -0.1) is 0 Å². The quantitative estimate of drug-likeness (QED) is 0.729. The van der Waals surface area contributed by atoms with Crippen molar-refractivity contribution in [1.29, 1.82) is 5.26 Å². The van der Waals surface area contributed by atoms with Crippen molar-refractivity contribution in [2.75, 3.05) is 13.7 Å². The van der Waals surface area contributed by atoms with Crippen LogP contribution in [-0.4, -0.2) is 19.7 Å². The molecule has 1 rings (SSSR count). The third-order valence-electron chi connectivity index (χ3n) is 2.31. The Morgan fingerprint density at radius 1 is 1.41 bits per heavy atom. The summed E-state index contributed by atoms with van der Waals surface area (Å²) in [6, 6.07) is 9.61. The van der Waals surface area contributed by atoms with Crippen molar-refractivity contribution in [3.05, 3.63) is 29.8 Å². The van der Waals surface area contributed by atoms with Crippen LogP contribution >= 0.6 is 0 Å². The van der Waals surface area contributed by atoms with E-state index in [1.807, 2.05) is 24.3 Å². The molecule has 0 fully saturated rings. The molecular formula is C13H15NO3. The molecule has 90 valence electrons. The van der Waals surface area contributed by atoms with E-state index in [9.17, 15) is 4.79 Å². The number of nitrogens with zero attached hydrogens (tertiary/aromatic N) is 1. The van der Waals surface area contributed by atoms with Crippen LogP contribution in [0.3, 0.4) is 0 Å². The highest BCUT2D eigenvalue weighted by Crippen LogP contribution is 2.14. The lowest BCUT2D eigenvalue weighted by atomic mass is 10.0. The number of benzene rings is 1. The van der Waals surface area contributed by atoms with Crippen molar-refractivity contribution in [3.63, 3.8) is 0 Å². The SMILES string of the molecule is COc1ccc(C[C@H](C#N)COC(C)=O)cc1. The topological polar surface area (TPSA) is 59.3 Å². The van der Waals surface area contributed by atoms with E-state index in [-0.39, 0.29) is 18.5 Å². The predicted molar refractivity (Wildman–Crippen MR) is 62.4 cm³/mol. The van der Waals surface area contributed by atoms with E-state index in [4.69, 9.17) is 14.7 Å². The van der Waals surface area contributed by atoms with Crippen molar-refractivity contribution in [1.82, 2.24) is 0 Å². The minimum absolute atomic E-state index is 0.137. The minimum Gasteiger partial charge on any atom is -0.497 e. The molecule has 1 aromatic rings. The molecule has 1 atom stereocenters. The first-order chi connectivity index (χ1) is 8.15. The lowest BCUT2D eigenvalue weighted by Crippen LogP contribution is -2.13. The van der Waals surface area contributed by atoms with Crippen LogP contribution in [0.15, 0.2) is 24.3 Å². The Hall–Kier alpha value is -2.02. The summed E-state index contributed by atoms with van der Waals surface area (Å²) >= 11 is 0. The van der Waals surface area contributed by atoms with Gasteiger partial charge in [-0.3, -0.25) is 4.79 Å². The molecular weight excluding hydrogens is 218 g/mol. The average molecular weight is 233 g/mol. The van der Waals surface area contributed by atoms with Gasteiger partial charge in [-0.05, 0) is 24.1 Å². The van der Waals surface area contributed by atoms with Gasteiger partial charge in [0.1, 0.15) is 12.4 Å². The van der Waals surface area contributed by atoms with Crippen molar-refractivity contribution in [2.45, 2.75) is 13.3 Å². The summed E-state index contributed by atoms with van der Waals surface area (Å²) in [5.74, 6) is 0.106. The van der Waals surface area contributed by atoms with Crippen LogP contribution < -0.4 is 4.74 Å². The molecule has 0 aliphatic heterocycles. The molecule has 0 aliphatic rings. The zero-order chi connectivity index (χ0) is 12.7. The molecule has 1 aromatic carbocycles. The Balaban J connectivity index is 2.55. The van der Waals surface area contributed by atoms with E-state index < -0.39 is 0 Å². The van der Waals surface area contributed by atoms with Gasteiger partial charge in [0, 0.05) is 6.92 Å². The largest absolute Gasteiger partial charge is 0.497 e. The van der Waals surface area contributed by atoms with Crippen LogP contribution in [0.4, 0.5) is 0 Å². The van der Waals surface area contributed by atoms with E-state index in [0.29, 0.717) is 6.42 Å². The Labute approximate surface area is 101 Å². The summed E-state index contributed by atoms with van der Waals surface area (Å²) in [5, 5.41) is 8.94. The monoisotopic (exact) mass is 233 g/mol. The van der Waals surface area contributed by atoms with Crippen LogP contribution in [0.25, 0.3) is 0 Å². The molecule has 0 spiro atoms. The predicted octanol–water partition coefficient (Wildman–Crippen LogP) is 1.94. The van der Waals surface area contributed by atoms with Crippen LogP contribution in [-0.2, 0) is 16.0 Å². The zero-order valence-electron chi connectivity index (χ0n) is 9.97. The maximum atomic E-state index is 10.7. The van der Waals surface area contributed by atoms with Gasteiger partial charge in [0.05, 0.1) is 19.1 Å². The lowest BCUT2D eigenvalue weighted by Gasteiger charge is -2.09. The Morgan fingerprint density at radius 3 is 2.53 bits per heavy atom. The number of hydrogen-bond acceptors (Lipinski definition) is 4. The highest BCUT2D eigenvalue weighted by molar-refractivity contribution is 5.65. The molecule has 0 heterocycles. The molecule has 4 heteroatoms. The first-order valence-electron chi connectivity index (χ1n) is 5.31. The molecule has 0 saturated carbocycles. The maximum Gasteiger partial charge on any atom is 0.302 e. The first-order valence-corrected chi connectivity index (χ1v) is 5.31. The van der Waals surface area contributed by atoms with Crippen LogP contribution in [0.5, 0.6) is 5.75 Å². The number of methoxy groups -OCH3 is 1. The summed E-state index contributed by atoms with van der Waals surface area (Å²) in [7, 11) is 1.60. The summed E-state index contributed by atoms with van der Waals surface area (Å²) in [5.41, 5.74) is 1.02. The van der Waals surface area contributed by atoms with E-state index in [2.05, 4.69) is 6.07 Å². The van der Waals surface area contributed by atoms with Gasteiger partial charge in [0.15, 0.2) is 0 Å². The van der Waals surface area contributed by atoms with Crippen molar-refractivity contribution in [3.8, 4) is 11.8 Å². The molecule has 0 saturated heterocycles. The molecule has 0 unspecified atom stereocenters. The second kappa shape index (κ2) is 6.54. The first kappa shape index (κ1) is 13.0. The Morgan fingerprint density at radius 2 is 2.06 bits per heavy atom. The second-order valence-corrected chi connectivity index (χ2v) is 3.68. The molecule has 0 aromatic heterocycles. The van der Waals surface area contributed by atoms with E-state index in [0.717, 1.165) is 11.3 Å². The van der Waals surface area contributed by atoms with Crippen molar-refractivity contribution in [2.24, 2.45) is 5.92 Å². The number of ether oxygens (including phenoxy) is 2. The highest BCUT2D eigenvalue weighted by atomic mass is 16.5. The Kier molecular flexibility index (Phi) is 5.02. The van der Waals surface area contributed by atoms with Crippen molar-refractivity contribution >= 4 is 5.97 Å². The smallest absolute Gasteiger partial charge is 0.302 e. The lowest BCUT2D eigenvalue weighted by molar-refractivity contribution is -0.141. The average Bonchev–Trinajstić information content (AvgIpc) is 2.35. The van der Waals surface area contributed by atoms with E-state index in [1.54, 1.807) is 7.11 Å². The highest BCUT2D eigenvalue weighted by Gasteiger charge is 2.10.